The summed E-state index contributed by atoms with van der Waals surface area (Å²) < 4.78 is 18.9. The smallest absolute Gasteiger partial charge is 0.284 e. The second kappa shape index (κ2) is 6.31. The van der Waals surface area contributed by atoms with Crippen LogP contribution in [0.5, 0.6) is 5.75 Å². The van der Waals surface area contributed by atoms with Crippen molar-refractivity contribution in [2.75, 3.05) is 13.2 Å². The normalized spacial score (nSPS) is 10.9. The van der Waals surface area contributed by atoms with Gasteiger partial charge in [0.2, 0.25) is 6.29 Å². The zero-order valence-electron chi connectivity index (χ0n) is 11.3. The lowest BCUT2D eigenvalue weighted by molar-refractivity contribution is -0.131. The lowest BCUT2D eigenvalue weighted by Gasteiger charge is -2.25. The number of hydrogen-bond acceptors (Lipinski definition) is 3. The summed E-state index contributed by atoms with van der Waals surface area (Å²) in [6.07, 6.45) is 0.217. The number of hydrogen-bond donors (Lipinski definition) is 1. The fourth-order valence-electron chi connectivity index (χ4n) is 1.65. The van der Waals surface area contributed by atoms with E-state index in [1.54, 1.807) is 19.1 Å². The van der Waals surface area contributed by atoms with Gasteiger partial charge in [-0.05, 0) is 24.6 Å². The van der Waals surface area contributed by atoms with Crippen molar-refractivity contribution in [3.8, 4) is 5.75 Å². The molecule has 0 atom stereocenters. The van der Waals surface area contributed by atoms with E-state index in [-0.39, 0.29) is 18.6 Å². The second-order valence-electron chi connectivity index (χ2n) is 4.80. The van der Waals surface area contributed by atoms with Crippen molar-refractivity contribution in [3.63, 3.8) is 0 Å². The SMILES string of the molecule is CCOc1ccc(C(C)(C)CNC(=O)C=O)cc1F. The molecular weight excluding hydrogens is 249 g/mol. The van der Waals surface area contributed by atoms with Gasteiger partial charge < -0.3 is 10.1 Å². The largest absolute Gasteiger partial charge is 0.491 e. The maximum absolute atomic E-state index is 13.8. The fraction of sp³-hybridized carbons (Fsp3) is 0.429. The minimum Gasteiger partial charge on any atom is -0.491 e. The summed E-state index contributed by atoms with van der Waals surface area (Å²) in [5.41, 5.74) is 0.240. The molecule has 0 bridgehead atoms. The zero-order chi connectivity index (χ0) is 14.5. The molecule has 0 spiro atoms. The second-order valence-corrected chi connectivity index (χ2v) is 4.80. The van der Waals surface area contributed by atoms with Crippen molar-refractivity contribution >= 4 is 12.2 Å². The van der Waals surface area contributed by atoms with Crippen molar-refractivity contribution in [2.24, 2.45) is 0 Å². The van der Waals surface area contributed by atoms with Gasteiger partial charge in [0, 0.05) is 12.0 Å². The molecule has 1 aromatic carbocycles. The van der Waals surface area contributed by atoms with E-state index < -0.39 is 17.1 Å². The molecular formula is C14H18FNO3. The molecule has 1 aromatic rings. The van der Waals surface area contributed by atoms with E-state index in [1.807, 2.05) is 13.8 Å². The molecule has 1 amide bonds. The summed E-state index contributed by atoms with van der Waals surface area (Å²) in [7, 11) is 0. The van der Waals surface area contributed by atoms with Crippen LogP contribution in [0.25, 0.3) is 0 Å². The van der Waals surface area contributed by atoms with Gasteiger partial charge in [-0.2, -0.15) is 0 Å². The van der Waals surface area contributed by atoms with Gasteiger partial charge in [0.05, 0.1) is 6.61 Å². The van der Waals surface area contributed by atoms with Crippen LogP contribution in [0.1, 0.15) is 26.3 Å². The van der Waals surface area contributed by atoms with Crippen LogP contribution in [0.3, 0.4) is 0 Å². The molecule has 0 saturated carbocycles. The number of rotatable bonds is 6. The Kier molecular flexibility index (Phi) is 5.03. The zero-order valence-corrected chi connectivity index (χ0v) is 11.3. The molecule has 0 heterocycles. The number of ether oxygens (including phenoxy) is 1. The molecule has 1 rings (SSSR count). The number of carbonyl (C=O) groups excluding carboxylic acids is 2. The van der Waals surface area contributed by atoms with Crippen LogP contribution in [0.15, 0.2) is 18.2 Å². The molecule has 0 unspecified atom stereocenters. The Morgan fingerprint density at radius 1 is 1.47 bits per heavy atom. The molecule has 0 aliphatic rings. The Hall–Kier alpha value is -1.91. The quantitative estimate of drug-likeness (QED) is 0.632. The first-order valence-electron chi connectivity index (χ1n) is 6.06. The first kappa shape index (κ1) is 15.1. The van der Waals surface area contributed by atoms with E-state index in [0.29, 0.717) is 6.61 Å². The van der Waals surface area contributed by atoms with Gasteiger partial charge in [-0.3, -0.25) is 9.59 Å². The first-order chi connectivity index (χ1) is 8.90. The maximum atomic E-state index is 13.8. The summed E-state index contributed by atoms with van der Waals surface area (Å²) in [6.45, 7) is 6.14. The highest BCUT2D eigenvalue weighted by atomic mass is 19.1. The van der Waals surface area contributed by atoms with Crippen molar-refractivity contribution in [2.45, 2.75) is 26.2 Å². The molecule has 0 radical (unpaired) electrons. The third kappa shape index (κ3) is 4.05. The molecule has 0 fully saturated rings. The summed E-state index contributed by atoms with van der Waals surface area (Å²) in [5.74, 6) is -0.910. The van der Waals surface area contributed by atoms with Crippen LogP contribution >= 0.6 is 0 Å². The van der Waals surface area contributed by atoms with Crippen molar-refractivity contribution in [1.29, 1.82) is 0 Å². The fourth-order valence-corrected chi connectivity index (χ4v) is 1.65. The van der Waals surface area contributed by atoms with E-state index in [0.717, 1.165) is 5.56 Å². The first-order valence-corrected chi connectivity index (χ1v) is 6.06. The maximum Gasteiger partial charge on any atom is 0.284 e. The summed E-state index contributed by atoms with van der Waals surface area (Å²) >= 11 is 0. The topological polar surface area (TPSA) is 55.4 Å². The van der Waals surface area contributed by atoms with Crippen molar-refractivity contribution in [1.82, 2.24) is 5.32 Å². The van der Waals surface area contributed by atoms with Gasteiger partial charge in [-0.1, -0.05) is 19.9 Å². The third-order valence-electron chi connectivity index (χ3n) is 2.82. The Morgan fingerprint density at radius 3 is 2.68 bits per heavy atom. The molecule has 5 heteroatoms. The van der Waals surface area contributed by atoms with Crippen LogP contribution in [-0.2, 0) is 15.0 Å². The Bertz CT molecular complexity index is 472. The van der Waals surface area contributed by atoms with Crippen LogP contribution < -0.4 is 10.1 Å². The lowest BCUT2D eigenvalue weighted by Crippen LogP contribution is -2.37. The number of carbonyl (C=O) groups is 2. The monoisotopic (exact) mass is 267 g/mol. The Morgan fingerprint density at radius 2 is 2.16 bits per heavy atom. The molecule has 0 aliphatic heterocycles. The van der Waals surface area contributed by atoms with Crippen LogP contribution in [0.2, 0.25) is 0 Å². The Labute approximate surface area is 112 Å². The highest BCUT2D eigenvalue weighted by molar-refractivity contribution is 6.23. The van der Waals surface area contributed by atoms with E-state index in [9.17, 15) is 14.0 Å². The molecule has 0 saturated heterocycles. The molecule has 104 valence electrons. The summed E-state index contributed by atoms with van der Waals surface area (Å²) in [5, 5.41) is 2.47. The average Bonchev–Trinajstić information content (AvgIpc) is 2.38. The highest BCUT2D eigenvalue weighted by Gasteiger charge is 2.22. The molecule has 19 heavy (non-hydrogen) atoms. The number of halogens is 1. The van der Waals surface area contributed by atoms with Gasteiger partial charge in [-0.25, -0.2) is 4.39 Å². The summed E-state index contributed by atoms with van der Waals surface area (Å²) in [6, 6.07) is 4.71. The van der Waals surface area contributed by atoms with E-state index in [2.05, 4.69) is 5.32 Å². The van der Waals surface area contributed by atoms with Gasteiger partial charge >= 0.3 is 0 Å². The standard InChI is InChI=1S/C14H18FNO3/c1-4-19-12-6-5-10(7-11(12)15)14(2,3)9-16-13(18)8-17/h5-8H,4,9H2,1-3H3,(H,16,18). The Balaban J connectivity index is 2.85. The van der Waals surface area contributed by atoms with Gasteiger partial charge in [-0.15, -0.1) is 0 Å². The van der Waals surface area contributed by atoms with Crippen molar-refractivity contribution < 1.29 is 18.7 Å². The molecule has 4 nitrogen and oxygen atoms in total. The average molecular weight is 267 g/mol. The minimum atomic E-state index is -0.681. The lowest BCUT2D eigenvalue weighted by atomic mass is 9.84. The van der Waals surface area contributed by atoms with Crippen molar-refractivity contribution in [3.05, 3.63) is 29.6 Å². The van der Waals surface area contributed by atoms with E-state index in [1.165, 1.54) is 6.07 Å². The highest BCUT2D eigenvalue weighted by Crippen LogP contribution is 2.27. The van der Waals surface area contributed by atoms with Gasteiger partial charge in [0.1, 0.15) is 0 Å². The molecule has 1 N–H and O–H groups in total. The minimum absolute atomic E-state index is 0.207. The molecule has 0 aliphatic carbocycles. The van der Waals surface area contributed by atoms with Crippen LogP contribution in [0.4, 0.5) is 4.39 Å². The third-order valence-corrected chi connectivity index (χ3v) is 2.82. The number of benzene rings is 1. The summed E-state index contributed by atoms with van der Waals surface area (Å²) in [4.78, 5) is 21.2. The number of aldehydes is 1. The predicted molar refractivity (Wildman–Crippen MR) is 69.7 cm³/mol. The van der Waals surface area contributed by atoms with E-state index >= 15 is 0 Å². The number of nitrogens with one attached hydrogen (secondary N) is 1. The van der Waals surface area contributed by atoms with Gasteiger partial charge in [0.25, 0.3) is 5.91 Å². The predicted octanol–water partition coefficient (Wildman–Crippen LogP) is 1.82. The molecule has 0 aromatic heterocycles. The van der Waals surface area contributed by atoms with Crippen LogP contribution in [0, 0.1) is 5.82 Å². The number of amides is 1. The van der Waals surface area contributed by atoms with Crippen LogP contribution in [-0.4, -0.2) is 25.3 Å². The van der Waals surface area contributed by atoms with E-state index in [4.69, 9.17) is 4.74 Å². The van der Waals surface area contributed by atoms with Gasteiger partial charge in [0.15, 0.2) is 11.6 Å².